The Labute approximate surface area is 138 Å². The van der Waals surface area contributed by atoms with Crippen molar-refractivity contribution in [2.45, 2.75) is 13.5 Å². The van der Waals surface area contributed by atoms with Crippen LogP contribution in [0.2, 0.25) is 5.02 Å². The molecule has 2 aromatic carbocycles. The van der Waals surface area contributed by atoms with Gasteiger partial charge in [-0.3, -0.25) is 9.59 Å². The largest absolute Gasteiger partial charge is 0.350 e. The number of carbonyl (C=O) groups excluding carboxylic acids is 2. The van der Waals surface area contributed by atoms with Crippen molar-refractivity contribution in [1.29, 1.82) is 0 Å². The van der Waals surface area contributed by atoms with Gasteiger partial charge in [0.25, 0.3) is 0 Å². The zero-order valence-electron chi connectivity index (χ0n) is 12.6. The molecule has 0 aromatic heterocycles. The molecular formula is C17H16ClFN2O2. The highest BCUT2D eigenvalue weighted by atomic mass is 35.5. The predicted octanol–water partition coefficient (Wildman–Crippen LogP) is 3.15. The van der Waals surface area contributed by atoms with E-state index >= 15 is 0 Å². The maximum absolute atomic E-state index is 13.3. The van der Waals surface area contributed by atoms with Crippen molar-refractivity contribution < 1.29 is 14.0 Å². The lowest BCUT2D eigenvalue weighted by molar-refractivity contribution is -0.123. The van der Waals surface area contributed by atoms with Crippen molar-refractivity contribution in [2.75, 3.05) is 11.4 Å². The molecule has 6 heteroatoms. The van der Waals surface area contributed by atoms with Crippen molar-refractivity contribution in [1.82, 2.24) is 5.32 Å². The minimum Gasteiger partial charge on any atom is -0.350 e. The molecule has 0 heterocycles. The molecule has 0 aliphatic rings. The summed E-state index contributed by atoms with van der Waals surface area (Å²) in [7, 11) is 0. The number of halogens is 2. The second-order valence-electron chi connectivity index (χ2n) is 4.95. The fourth-order valence-electron chi connectivity index (χ4n) is 2.06. The predicted molar refractivity (Wildman–Crippen MR) is 87.7 cm³/mol. The molecule has 0 spiro atoms. The first-order chi connectivity index (χ1) is 11.0. The lowest BCUT2D eigenvalue weighted by atomic mass is 10.2. The molecule has 0 aliphatic heterocycles. The second-order valence-corrected chi connectivity index (χ2v) is 5.36. The van der Waals surface area contributed by atoms with Crippen LogP contribution in [0.4, 0.5) is 10.1 Å². The Morgan fingerprint density at radius 3 is 2.57 bits per heavy atom. The quantitative estimate of drug-likeness (QED) is 0.913. The number of hydrogen-bond donors (Lipinski definition) is 1. The monoisotopic (exact) mass is 334 g/mol. The Kier molecular flexibility index (Phi) is 5.71. The van der Waals surface area contributed by atoms with E-state index < -0.39 is 5.82 Å². The van der Waals surface area contributed by atoms with E-state index in [1.807, 2.05) is 6.07 Å². The summed E-state index contributed by atoms with van der Waals surface area (Å²) in [5, 5.41) is 3.26. The summed E-state index contributed by atoms with van der Waals surface area (Å²) < 4.78 is 13.3. The normalized spacial score (nSPS) is 10.2. The van der Waals surface area contributed by atoms with Crippen LogP contribution < -0.4 is 10.2 Å². The number of nitrogens with one attached hydrogen (secondary N) is 1. The third-order valence-electron chi connectivity index (χ3n) is 3.24. The Hall–Kier alpha value is -2.40. The number of amides is 2. The molecule has 0 saturated heterocycles. The third kappa shape index (κ3) is 4.79. The van der Waals surface area contributed by atoms with Gasteiger partial charge in [0.05, 0.1) is 0 Å². The van der Waals surface area contributed by atoms with E-state index in [0.717, 1.165) is 5.56 Å². The van der Waals surface area contributed by atoms with E-state index in [1.54, 1.807) is 24.3 Å². The van der Waals surface area contributed by atoms with Crippen LogP contribution in [-0.2, 0) is 16.1 Å². The summed E-state index contributed by atoms with van der Waals surface area (Å²) in [6.45, 7) is 1.39. The van der Waals surface area contributed by atoms with Crippen molar-refractivity contribution in [3.05, 3.63) is 64.9 Å². The zero-order valence-corrected chi connectivity index (χ0v) is 13.3. The van der Waals surface area contributed by atoms with Crippen LogP contribution >= 0.6 is 11.6 Å². The minimum atomic E-state index is -0.467. The smallest absolute Gasteiger partial charge is 0.240 e. The van der Waals surface area contributed by atoms with Gasteiger partial charge < -0.3 is 10.2 Å². The first kappa shape index (κ1) is 17.0. The molecule has 0 unspecified atom stereocenters. The van der Waals surface area contributed by atoms with Crippen LogP contribution in [0.25, 0.3) is 0 Å². The summed E-state index contributed by atoms with van der Waals surface area (Å²) in [6.07, 6.45) is 0. The topological polar surface area (TPSA) is 49.4 Å². The van der Waals surface area contributed by atoms with Crippen molar-refractivity contribution >= 4 is 29.1 Å². The van der Waals surface area contributed by atoms with E-state index in [0.29, 0.717) is 10.7 Å². The number of hydrogen-bond acceptors (Lipinski definition) is 2. The van der Waals surface area contributed by atoms with E-state index in [-0.39, 0.29) is 24.9 Å². The maximum Gasteiger partial charge on any atom is 0.240 e. The molecule has 0 bridgehead atoms. The maximum atomic E-state index is 13.3. The van der Waals surface area contributed by atoms with Crippen LogP contribution in [0.5, 0.6) is 0 Å². The Bertz CT molecular complexity index is 721. The van der Waals surface area contributed by atoms with Gasteiger partial charge in [-0.05, 0) is 29.8 Å². The van der Waals surface area contributed by atoms with Gasteiger partial charge in [0.2, 0.25) is 11.8 Å². The number of anilines is 1. The van der Waals surface area contributed by atoms with E-state index in [9.17, 15) is 14.0 Å². The lowest BCUT2D eigenvalue weighted by Crippen LogP contribution is -2.39. The molecule has 0 saturated carbocycles. The highest BCUT2D eigenvalue weighted by Crippen LogP contribution is 2.16. The Morgan fingerprint density at radius 2 is 1.91 bits per heavy atom. The van der Waals surface area contributed by atoms with Crippen LogP contribution in [-0.4, -0.2) is 18.4 Å². The Balaban J connectivity index is 2.01. The number of nitrogens with zero attached hydrogens (tertiary/aromatic N) is 1. The molecule has 0 aliphatic carbocycles. The second kappa shape index (κ2) is 7.74. The number of carbonyl (C=O) groups is 2. The molecule has 23 heavy (non-hydrogen) atoms. The standard InChI is InChI=1S/C17H16ClFN2O2/c1-12(22)21(15-7-4-6-14(19)9-15)11-17(23)20-10-13-5-2-3-8-16(13)18/h2-9H,10-11H2,1H3,(H,20,23). The summed E-state index contributed by atoms with van der Waals surface area (Å²) in [5.41, 5.74) is 1.12. The first-order valence-electron chi connectivity index (χ1n) is 7.01. The van der Waals surface area contributed by atoms with Crippen LogP contribution in [0.1, 0.15) is 12.5 Å². The van der Waals surface area contributed by atoms with E-state index in [2.05, 4.69) is 5.32 Å². The highest BCUT2D eigenvalue weighted by molar-refractivity contribution is 6.31. The third-order valence-corrected chi connectivity index (χ3v) is 3.60. The molecule has 2 rings (SSSR count). The van der Waals surface area contributed by atoms with Gasteiger partial charge in [-0.1, -0.05) is 35.9 Å². The van der Waals surface area contributed by atoms with Crippen molar-refractivity contribution in [3.63, 3.8) is 0 Å². The number of rotatable bonds is 5. The van der Waals surface area contributed by atoms with Crippen molar-refractivity contribution in [3.8, 4) is 0 Å². The van der Waals surface area contributed by atoms with Gasteiger partial charge in [0, 0.05) is 24.2 Å². The van der Waals surface area contributed by atoms with Gasteiger partial charge in [0.1, 0.15) is 12.4 Å². The molecule has 2 amide bonds. The average molecular weight is 335 g/mol. The molecule has 2 aromatic rings. The average Bonchev–Trinajstić information content (AvgIpc) is 2.51. The number of benzene rings is 2. The van der Waals surface area contributed by atoms with Gasteiger partial charge >= 0.3 is 0 Å². The van der Waals surface area contributed by atoms with E-state index in [4.69, 9.17) is 11.6 Å². The summed E-state index contributed by atoms with van der Waals surface area (Å²) in [5.74, 6) is -1.17. The van der Waals surface area contributed by atoms with Crippen LogP contribution in [0.3, 0.4) is 0 Å². The molecule has 0 fully saturated rings. The molecule has 120 valence electrons. The van der Waals surface area contributed by atoms with Gasteiger partial charge in [0.15, 0.2) is 0 Å². The fraction of sp³-hybridized carbons (Fsp3) is 0.176. The fourth-order valence-corrected chi connectivity index (χ4v) is 2.27. The van der Waals surface area contributed by atoms with Crippen molar-refractivity contribution in [2.24, 2.45) is 0 Å². The molecule has 4 nitrogen and oxygen atoms in total. The Morgan fingerprint density at radius 1 is 1.17 bits per heavy atom. The first-order valence-corrected chi connectivity index (χ1v) is 7.39. The minimum absolute atomic E-state index is 0.191. The molecule has 0 atom stereocenters. The summed E-state index contributed by atoms with van der Waals surface area (Å²) in [4.78, 5) is 25.0. The molecular weight excluding hydrogens is 319 g/mol. The van der Waals surface area contributed by atoms with Gasteiger partial charge in [-0.15, -0.1) is 0 Å². The van der Waals surface area contributed by atoms with E-state index in [1.165, 1.54) is 30.0 Å². The summed E-state index contributed by atoms with van der Waals surface area (Å²) >= 11 is 6.02. The van der Waals surface area contributed by atoms with Crippen LogP contribution in [0.15, 0.2) is 48.5 Å². The highest BCUT2D eigenvalue weighted by Gasteiger charge is 2.16. The zero-order chi connectivity index (χ0) is 16.8. The van der Waals surface area contributed by atoms with Gasteiger partial charge in [-0.25, -0.2) is 4.39 Å². The lowest BCUT2D eigenvalue weighted by Gasteiger charge is -2.20. The molecule has 0 radical (unpaired) electrons. The summed E-state index contributed by atoms with van der Waals surface area (Å²) in [6, 6.07) is 12.7. The van der Waals surface area contributed by atoms with Crippen LogP contribution in [0, 0.1) is 5.82 Å². The SMILES string of the molecule is CC(=O)N(CC(=O)NCc1ccccc1Cl)c1cccc(F)c1. The van der Waals surface area contributed by atoms with Gasteiger partial charge in [-0.2, -0.15) is 0 Å². The molecule has 1 N–H and O–H groups in total.